The number of hydrogen-bond acceptors (Lipinski definition) is 5. The van der Waals surface area contributed by atoms with Crippen LogP contribution in [0, 0.1) is 26.6 Å². The first-order valence-corrected chi connectivity index (χ1v) is 9.90. The number of thiazole rings is 1. The number of hydrogen-bond donors (Lipinski definition) is 0. The average molecular weight is 412 g/mol. The maximum Gasteiger partial charge on any atom is 0.338 e. The molecule has 0 bridgehead atoms. The van der Waals surface area contributed by atoms with E-state index in [-0.39, 0.29) is 18.1 Å². The summed E-state index contributed by atoms with van der Waals surface area (Å²) < 4.78 is 18.9. The Labute approximate surface area is 172 Å². The fraction of sp³-hybridized carbons (Fsp3) is 0.227. The third-order valence-corrected chi connectivity index (χ3v) is 5.34. The van der Waals surface area contributed by atoms with Gasteiger partial charge in [0.15, 0.2) is 5.13 Å². The van der Waals surface area contributed by atoms with Gasteiger partial charge in [0, 0.05) is 12.3 Å². The van der Waals surface area contributed by atoms with Gasteiger partial charge in [-0.25, -0.2) is 14.2 Å². The van der Waals surface area contributed by atoms with Crippen LogP contribution in [-0.4, -0.2) is 16.9 Å². The first kappa shape index (κ1) is 20.7. The molecule has 0 N–H and O–H groups in total. The molecule has 0 spiro atoms. The van der Waals surface area contributed by atoms with Crippen LogP contribution in [0.15, 0.2) is 41.8 Å². The quantitative estimate of drug-likeness (QED) is 0.537. The van der Waals surface area contributed by atoms with E-state index >= 15 is 0 Å². The minimum atomic E-state index is -0.628. The number of benzene rings is 2. The van der Waals surface area contributed by atoms with Gasteiger partial charge in [0.25, 0.3) is 0 Å². The normalized spacial score (nSPS) is 10.7. The molecule has 0 radical (unpaired) electrons. The minimum absolute atomic E-state index is 0.0661. The molecule has 0 aliphatic carbocycles. The van der Waals surface area contributed by atoms with E-state index < -0.39 is 11.8 Å². The molecule has 0 saturated carbocycles. The molecule has 3 aromatic rings. The maximum absolute atomic E-state index is 13.6. The Bertz CT molecular complexity index is 1060. The Kier molecular flexibility index (Phi) is 6.08. The van der Waals surface area contributed by atoms with Crippen molar-refractivity contribution in [3.63, 3.8) is 0 Å². The summed E-state index contributed by atoms with van der Waals surface area (Å²) in [4.78, 5) is 30.5. The smallest absolute Gasteiger partial charge is 0.338 e. The van der Waals surface area contributed by atoms with Gasteiger partial charge < -0.3 is 4.74 Å². The molecule has 1 heterocycles. The number of aromatic nitrogens is 1. The molecule has 0 fully saturated rings. The molecule has 0 atom stereocenters. The molecule has 1 aromatic heterocycles. The van der Waals surface area contributed by atoms with Gasteiger partial charge in [-0.05, 0) is 49.6 Å². The summed E-state index contributed by atoms with van der Waals surface area (Å²) in [7, 11) is 0. The number of halogens is 1. The number of carbonyl (C=O) groups is 2. The monoisotopic (exact) mass is 412 g/mol. The second-order valence-corrected chi connectivity index (χ2v) is 7.59. The molecule has 2 aromatic carbocycles. The van der Waals surface area contributed by atoms with Crippen LogP contribution in [0.3, 0.4) is 0 Å². The summed E-state index contributed by atoms with van der Waals surface area (Å²) in [6, 6.07) is 10.0. The molecule has 1 amide bonds. The molecule has 0 aliphatic heterocycles. The number of para-hydroxylation sites is 1. The van der Waals surface area contributed by atoms with Gasteiger partial charge in [0.05, 0.1) is 16.9 Å². The van der Waals surface area contributed by atoms with Crippen molar-refractivity contribution in [2.24, 2.45) is 0 Å². The van der Waals surface area contributed by atoms with Gasteiger partial charge in [0.2, 0.25) is 5.91 Å². The largest absolute Gasteiger partial charge is 0.456 e. The Balaban J connectivity index is 1.77. The number of esters is 1. The summed E-state index contributed by atoms with van der Waals surface area (Å²) in [6.07, 6.45) is 0. The van der Waals surface area contributed by atoms with Gasteiger partial charge in [-0.3, -0.25) is 9.69 Å². The Morgan fingerprint density at radius 2 is 1.79 bits per heavy atom. The van der Waals surface area contributed by atoms with E-state index in [1.165, 1.54) is 30.4 Å². The lowest BCUT2D eigenvalue weighted by Gasteiger charge is -2.22. The van der Waals surface area contributed by atoms with E-state index in [1.807, 2.05) is 32.0 Å². The zero-order valence-electron chi connectivity index (χ0n) is 16.7. The van der Waals surface area contributed by atoms with Gasteiger partial charge in [-0.1, -0.05) is 24.3 Å². The van der Waals surface area contributed by atoms with E-state index in [0.29, 0.717) is 16.4 Å². The predicted molar refractivity (Wildman–Crippen MR) is 111 cm³/mol. The van der Waals surface area contributed by atoms with Crippen LogP contribution in [0.5, 0.6) is 0 Å². The van der Waals surface area contributed by atoms with Crippen LogP contribution in [-0.2, 0) is 16.1 Å². The van der Waals surface area contributed by atoms with Crippen LogP contribution in [0.2, 0.25) is 0 Å². The molecular weight excluding hydrogens is 391 g/mol. The molecule has 0 saturated heterocycles. The number of ether oxygens (including phenoxy) is 1. The topological polar surface area (TPSA) is 59.5 Å². The highest BCUT2D eigenvalue weighted by atomic mass is 32.1. The molecule has 0 unspecified atom stereocenters. The highest BCUT2D eigenvalue weighted by Gasteiger charge is 2.21. The van der Waals surface area contributed by atoms with Crippen molar-refractivity contribution in [2.45, 2.75) is 34.3 Å². The lowest BCUT2D eigenvalue weighted by Crippen LogP contribution is -2.24. The van der Waals surface area contributed by atoms with Crippen molar-refractivity contribution in [2.75, 3.05) is 4.90 Å². The fourth-order valence-corrected chi connectivity index (χ4v) is 3.81. The lowest BCUT2D eigenvalue weighted by atomic mass is 10.1. The Hall–Kier alpha value is -3.06. The minimum Gasteiger partial charge on any atom is -0.456 e. The van der Waals surface area contributed by atoms with Crippen molar-refractivity contribution in [1.29, 1.82) is 0 Å². The maximum atomic E-state index is 13.6. The predicted octanol–water partition coefficient (Wildman–Crippen LogP) is 5.25. The third-order valence-electron chi connectivity index (χ3n) is 4.47. The molecule has 150 valence electrons. The molecule has 5 nitrogen and oxygen atoms in total. The summed E-state index contributed by atoms with van der Waals surface area (Å²) >= 11 is 1.29. The van der Waals surface area contributed by atoms with Gasteiger partial charge in [0.1, 0.15) is 12.4 Å². The number of nitrogens with zero attached hydrogens (tertiary/aromatic N) is 2. The van der Waals surface area contributed by atoms with Crippen LogP contribution >= 0.6 is 11.3 Å². The number of amides is 1. The summed E-state index contributed by atoms with van der Waals surface area (Å²) in [5.74, 6) is -1.24. The fourth-order valence-electron chi connectivity index (χ4n) is 2.95. The first-order valence-electron chi connectivity index (χ1n) is 9.02. The van der Waals surface area contributed by atoms with Crippen LogP contribution in [0.4, 0.5) is 15.2 Å². The first-order chi connectivity index (χ1) is 13.8. The Morgan fingerprint density at radius 1 is 1.10 bits per heavy atom. The van der Waals surface area contributed by atoms with E-state index in [4.69, 9.17) is 4.74 Å². The van der Waals surface area contributed by atoms with E-state index in [1.54, 1.807) is 17.2 Å². The van der Waals surface area contributed by atoms with E-state index in [9.17, 15) is 14.0 Å². The standard InChI is InChI=1S/C22H21FN2O3S/c1-13-8-9-17(10-19(13)23)21(27)28-11-18-12-29-22(24-18)25(16(4)26)20-14(2)6-5-7-15(20)3/h5-10,12H,11H2,1-4H3. The highest BCUT2D eigenvalue weighted by Crippen LogP contribution is 2.33. The average Bonchev–Trinajstić information content (AvgIpc) is 3.13. The van der Waals surface area contributed by atoms with Crippen molar-refractivity contribution >= 4 is 34.0 Å². The lowest BCUT2D eigenvalue weighted by molar-refractivity contribution is -0.115. The van der Waals surface area contributed by atoms with Gasteiger partial charge >= 0.3 is 5.97 Å². The van der Waals surface area contributed by atoms with Gasteiger partial charge in [-0.2, -0.15) is 0 Å². The molecule has 3 rings (SSSR count). The van der Waals surface area contributed by atoms with Crippen molar-refractivity contribution in [3.05, 3.63) is 75.5 Å². The van der Waals surface area contributed by atoms with Crippen molar-refractivity contribution in [3.8, 4) is 0 Å². The number of aryl methyl sites for hydroxylation is 3. The van der Waals surface area contributed by atoms with E-state index in [2.05, 4.69) is 4.98 Å². The Morgan fingerprint density at radius 3 is 2.41 bits per heavy atom. The number of anilines is 2. The van der Waals surface area contributed by atoms with Crippen LogP contribution in [0.1, 0.15) is 39.7 Å². The summed E-state index contributed by atoms with van der Waals surface area (Å²) in [5.41, 5.74) is 3.84. The summed E-state index contributed by atoms with van der Waals surface area (Å²) in [5, 5.41) is 2.24. The zero-order valence-corrected chi connectivity index (χ0v) is 17.5. The molecule has 0 aliphatic rings. The van der Waals surface area contributed by atoms with Crippen LogP contribution in [0.25, 0.3) is 0 Å². The number of carbonyl (C=O) groups excluding carboxylic acids is 2. The summed E-state index contributed by atoms with van der Waals surface area (Å²) in [6.45, 7) is 6.92. The van der Waals surface area contributed by atoms with Crippen molar-refractivity contribution in [1.82, 2.24) is 4.98 Å². The van der Waals surface area contributed by atoms with Crippen molar-refractivity contribution < 1.29 is 18.7 Å². The molecule has 29 heavy (non-hydrogen) atoms. The second-order valence-electron chi connectivity index (χ2n) is 6.76. The SMILES string of the molecule is CC(=O)N(c1nc(COC(=O)c2ccc(C)c(F)c2)cs1)c1c(C)cccc1C. The highest BCUT2D eigenvalue weighted by molar-refractivity contribution is 7.14. The molecular formula is C22H21FN2O3S. The van der Waals surface area contributed by atoms with E-state index in [0.717, 1.165) is 22.9 Å². The van der Waals surface area contributed by atoms with Gasteiger partial charge in [-0.15, -0.1) is 11.3 Å². The molecule has 7 heteroatoms. The van der Waals surface area contributed by atoms with Crippen LogP contribution < -0.4 is 4.90 Å². The zero-order chi connectivity index (χ0) is 21.1. The third kappa shape index (κ3) is 4.51. The number of rotatable bonds is 5. The second kappa shape index (κ2) is 8.53.